The Morgan fingerprint density at radius 1 is 1.20 bits per heavy atom. The van der Waals surface area contributed by atoms with Crippen LogP contribution in [0.15, 0.2) is 41.0 Å². The topological polar surface area (TPSA) is 50.9 Å². The van der Waals surface area contributed by atoms with E-state index in [0.717, 1.165) is 11.6 Å². The van der Waals surface area contributed by atoms with E-state index in [4.69, 9.17) is 5.73 Å². The molecule has 0 saturated carbocycles. The quantitative estimate of drug-likeness (QED) is 0.825. The van der Waals surface area contributed by atoms with Gasteiger partial charge in [-0.3, -0.25) is 0 Å². The van der Waals surface area contributed by atoms with Crippen LogP contribution in [0.1, 0.15) is 11.1 Å². The highest BCUT2D eigenvalue weighted by Gasteiger charge is 2.34. The zero-order valence-corrected chi connectivity index (χ0v) is 11.8. The Morgan fingerprint density at radius 3 is 2.45 bits per heavy atom. The third-order valence-corrected chi connectivity index (χ3v) is 3.03. The van der Waals surface area contributed by atoms with Crippen molar-refractivity contribution < 1.29 is 13.2 Å². The molecule has 1 heterocycles. The molecule has 0 amide bonds. The summed E-state index contributed by atoms with van der Waals surface area (Å²) in [7, 11) is 0. The molecular weight excluding hydrogens is 335 g/mol. The van der Waals surface area contributed by atoms with Crippen LogP contribution in [-0.4, -0.2) is 4.98 Å². The van der Waals surface area contributed by atoms with Crippen LogP contribution in [0.4, 0.5) is 24.7 Å². The van der Waals surface area contributed by atoms with Gasteiger partial charge < -0.3 is 11.1 Å². The number of alkyl halides is 3. The molecule has 1 aromatic heterocycles. The second kappa shape index (κ2) is 5.70. The Kier molecular flexibility index (Phi) is 4.17. The van der Waals surface area contributed by atoms with Gasteiger partial charge in [0.1, 0.15) is 5.82 Å². The van der Waals surface area contributed by atoms with Gasteiger partial charge in [0.25, 0.3) is 0 Å². The van der Waals surface area contributed by atoms with E-state index in [0.29, 0.717) is 5.69 Å². The van der Waals surface area contributed by atoms with Crippen molar-refractivity contribution in [2.75, 3.05) is 11.1 Å². The van der Waals surface area contributed by atoms with Crippen LogP contribution in [-0.2, 0) is 12.7 Å². The third kappa shape index (κ3) is 3.63. The van der Waals surface area contributed by atoms with E-state index in [9.17, 15) is 13.2 Å². The van der Waals surface area contributed by atoms with Gasteiger partial charge in [0.2, 0.25) is 0 Å². The summed E-state index contributed by atoms with van der Waals surface area (Å²) < 4.78 is 38.9. The van der Waals surface area contributed by atoms with Crippen molar-refractivity contribution in [3.63, 3.8) is 0 Å². The smallest absolute Gasteiger partial charge is 0.399 e. The predicted octanol–water partition coefficient (Wildman–Crippen LogP) is 4.06. The molecule has 0 radical (unpaired) electrons. The molecule has 0 saturated heterocycles. The maximum atomic E-state index is 12.9. The van der Waals surface area contributed by atoms with Gasteiger partial charge in [-0.2, -0.15) is 13.2 Å². The van der Waals surface area contributed by atoms with E-state index in [1.54, 1.807) is 24.3 Å². The van der Waals surface area contributed by atoms with Gasteiger partial charge in [0.15, 0.2) is 0 Å². The lowest BCUT2D eigenvalue weighted by Gasteiger charge is -2.14. The van der Waals surface area contributed by atoms with Crippen LogP contribution in [0.2, 0.25) is 0 Å². The van der Waals surface area contributed by atoms with E-state index in [2.05, 4.69) is 26.2 Å². The molecule has 0 bridgehead atoms. The lowest BCUT2D eigenvalue weighted by Crippen LogP contribution is -2.12. The number of pyridine rings is 1. The van der Waals surface area contributed by atoms with Crippen molar-refractivity contribution in [2.45, 2.75) is 12.7 Å². The lowest BCUT2D eigenvalue weighted by molar-refractivity contribution is -0.137. The number of nitrogens with zero attached hydrogens (tertiary/aromatic N) is 1. The number of nitrogens with two attached hydrogens (primary N) is 1. The summed E-state index contributed by atoms with van der Waals surface area (Å²) in [6.45, 7) is 0.234. The van der Waals surface area contributed by atoms with E-state index < -0.39 is 11.7 Å². The number of anilines is 2. The zero-order valence-electron chi connectivity index (χ0n) is 10.2. The lowest BCUT2D eigenvalue weighted by atomic mass is 10.2. The Bertz CT molecular complexity index is 597. The Balaban J connectivity index is 2.19. The first kappa shape index (κ1) is 14.6. The number of halogens is 4. The number of hydrogen-bond donors (Lipinski definition) is 2. The predicted molar refractivity (Wildman–Crippen MR) is 75.1 cm³/mol. The molecule has 7 heteroatoms. The van der Waals surface area contributed by atoms with Crippen LogP contribution < -0.4 is 11.1 Å². The molecule has 0 unspecified atom stereocenters. The molecule has 2 rings (SSSR count). The molecule has 0 fully saturated rings. The van der Waals surface area contributed by atoms with Gasteiger partial charge in [-0.1, -0.05) is 12.1 Å². The molecule has 0 aliphatic heterocycles. The van der Waals surface area contributed by atoms with Crippen molar-refractivity contribution in [1.82, 2.24) is 4.98 Å². The van der Waals surface area contributed by atoms with Crippen molar-refractivity contribution in [3.8, 4) is 0 Å². The second-order valence-corrected chi connectivity index (χ2v) is 5.06. The van der Waals surface area contributed by atoms with Crippen LogP contribution in [0, 0.1) is 0 Å². The van der Waals surface area contributed by atoms with Crippen molar-refractivity contribution in [2.24, 2.45) is 0 Å². The third-order valence-electron chi connectivity index (χ3n) is 2.60. The molecule has 0 aliphatic carbocycles. The Morgan fingerprint density at radius 2 is 1.85 bits per heavy atom. The molecule has 3 N–H and O–H groups in total. The SMILES string of the molecule is Nc1ccc(CNc2ncc(Br)cc2C(F)(F)F)cc1. The highest BCUT2D eigenvalue weighted by atomic mass is 79.9. The van der Waals surface area contributed by atoms with Crippen molar-refractivity contribution >= 4 is 27.4 Å². The average molecular weight is 346 g/mol. The number of nitrogens with one attached hydrogen (secondary N) is 1. The molecular formula is C13H11BrF3N3. The van der Waals surface area contributed by atoms with Crippen LogP contribution >= 0.6 is 15.9 Å². The molecule has 0 spiro atoms. The highest BCUT2D eigenvalue weighted by molar-refractivity contribution is 9.10. The summed E-state index contributed by atoms with van der Waals surface area (Å²) in [6, 6.07) is 7.87. The summed E-state index contributed by atoms with van der Waals surface area (Å²) in [6.07, 6.45) is -3.14. The van der Waals surface area contributed by atoms with Crippen molar-refractivity contribution in [1.29, 1.82) is 0 Å². The first-order chi connectivity index (χ1) is 9.36. The van der Waals surface area contributed by atoms with Crippen LogP contribution in [0.25, 0.3) is 0 Å². The van der Waals surface area contributed by atoms with Crippen LogP contribution in [0.3, 0.4) is 0 Å². The normalized spacial score (nSPS) is 11.4. The molecule has 106 valence electrons. The minimum Gasteiger partial charge on any atom is -0.399 e. The first-order valence-corrected chi connectivity index (χ1v) is 6.46. The first-order valence-electron chi connectivity index (χ1n) is 5.67. The molecule has 2 aromatic rings. The number of hydrogen-bond acceptors (Lipinski definition) is 3. The standard InChI is InChI=1S/C13H11BrF3N3/c14-9-5-11(13(15,16)17)12(20-7-9)19-6-8-1-3-10(18)4-2-8/h1-5,7H,6,18H2,(H,19,20). The Labute approximate surface area is 122 Å². The van der Waals surface area contributed by atoms with Gasteiger partial charge in [0, 0.05) is 22.9 Å². The Hall–Kier alpha value is -1.76. The molecule has 3 nitrogen and oxygen atoms in total. The van der Waals surface area contributed by atoms with Gasteiger partial charge in [-0.15, -0.1) is 0 Å². The highest BCUT2D eigenvalue weighted by Crippen LogP contribution is 2.35. The maximum Gasteiger partial charge on any atom is 0.419 e. The zero-order chi connectivity index (χ0) is 14.8. The van der Waals surface area contributed by atoms with Crippen LogP contribution in [0.5, 0.6) is 0 Å². The van der Waals surface area contributed by atoms with E-state index in [1.165, 1.54) is 6.20 Å². The number of benzene rings is 1. The van der Waals surface area contributed by atoms with Gasteiger partial charge >= 0.3 is 6.18 Å². The van der Waals surface area contributed by atoms with E-state index in [-0.39, 0.29) is 16.8 Å². The summed E-state index contributed by atoms with van der Waals surface area (Å²) in [5.41, 5.74) is 6.16. The second-order valence-electron chi connectivity index (χ2n) is 4.14. The largest absolute Gasteiger partial charge is 0.419 e. The number of nitrogen functional groups attached to an aromatic ring is 1. The fourth-order valence-corrected chi connectivity index (χ4v) is 1.95. The van der Waals surface area contributed by atoms with Gasteiger partial charge in [0.05, 0.1) is 5.56 Å². The number of aromatic nitrogens is 1. The average Bonchev–Trinajstić information content (AvgIpc) is 2.38. The monoisotopic (exact) mass is 345 g/mol. The molecule has 0 atom stereocenters. The molecule has 1 aromatic carbocycles. The maximum absolute atomic E-state index is 12.9. The minimum absolute atomic E-state index is 0.197. The van der Waals surface area contributed by atoms with Gasteiger partial charge in [-0.05, 0) is 39.7 Å². The molecule has 0 aliphatic rings. The fraction of sp³-hybridized carbons (Fsp3) is 0.154. The number of rotatable bonds is 3. The van der Waals surface area contributed by atoms with Gasteiger partial charge in [-0.25, -0.2) is 4.98 Å². The molecule has 20 heavy (non-hydrogen) atoms. The van der Waals surface area contributed by atoms with E-state index in [1.807, 2.05) is 0 Å². The van der Waals surface area contributed by atoms with Crippen molar-refractivity contribution in [3.05, 3.63) is 52.1 Å². The fourth-order valence-electron chi connectivity index (χ4n) is 1.62. The summed E-state index contributed by atoms with van der Waals surface area (Å²) in [5.74, 6) is -0.197. The summed E-state index contributed by atoms with van der Waals surface area (Å²) in [4.78, 5) is 3.77. The minimum atomic E-state index is -4.46. The summed E-state index contributed by atoms with van der Waals surface area (Å²) >= 11 is 2.99. The van der Waals surface area contributed by atoms with E-state index >= 15 is 0 Å². The summed E-state index contributed by atoms with van der Waals surface area (Å²) in [5, 5.41) is 2.69.